The summed E-state index contributed by atoms with van der Waals surface area (Å²) in [4.78, 5) is 0.187. The fourth-order valence-corrected chi connectivity index (χ4v) is 2.17. The highest BCUT2D eigenvalue weighted by Crippen LogP contribution is 2.06. The number of nitrogens with zero attached hydrogens (tertiary/aromatic N) is 1. The minimum Gasteiger partial charge on any atom is -0.284 e. The average Bonchev–Trinajstić information content (AvgIpc) is 2.65. The van der Waals surface area contributed by atoms with Gasteiger partial charge in [-0.3, -0.25) is 5.10 Å². The average molecular weight is 231 g/mol. The fourth-order valence-electron chi connectivity index (χ4n) is 1.19. The first-order valence-corrected chi connectivity index (χ1v) is 6.49. The Morgan fingerprint density at radius 2 is 2.27 bits per heavy atom. The van der Waals surface area contributed by atoms with Crippen LogP contribution in [0.4, 0.5) is 0 Å². The van der Waals surface area contributed by atoms with E-state index in [4.69, 9.17) is 0 Å². The van der Waals surface area contributed by atoms with Gasteiger partial charge in [-0.1, -0.05) is 13.8 Å². The number of sulfonamides is 1. The minimum absolute atomic E-state index is 0.187. The molecular formula is C9H17N3O2S. The predicted molar refractivity (Wildman–Crippen MR) is 57.8 cm³/mol. The van der Waals surface area contributed by atoms with Gasteiger partial charge in [0.05, 0.1) is 6.20 Å². The second kappa shape index (κ2) is 5.27. The SMILES string of the molecule is CC(C)CCCNS(=O)(=O)c1cn[nH]c1. The lowest BCUT2D eigenvalue weighted by Crippen LogP contribution is -2.24. The summed E-state index contributed by atoms with van der Waals surface area (Å²) in [6, 6.07) is 0. The summed E-state index contributed by atoms with van der Waals surface area (Å²) in [5.41, 5.74) is 0. The van der Waals surface area contributed by atoms with E-state index in [1.807, 2.05) is 0 Å². The molecule has 0 aliphatic rings. The zero-order chi connectivity index (χ0) is 11.3. The first kappa shape index (κ1) is 12.2. The molecule has 2 N–H and O–H groups in total. The van der Waals surface area contributed by atoms with Gasteiger partial charge in [0.2, 0.25) is 10.0 Å². The monoisotopic (exact) mass is 231 g/mol. The van der Waals surface area contributed by atoms with Crippen molar-refractivity contribution in [3.05, 3.63) is 12.4 Å². The summed E-state index contributed by atoms with van der Waals surface area (Å²) in [6.07, 6.45) is 4.54. The fraction of sp³-hybridized carbons (Fsp3) is 0.667. The van der Waals surface area contributed by atoms with Gasteiger partial charge in [0.1, 0.15) is 4.90 Å². The number of hydrogen-bond acceptors (Lipinski definition) is 3. The minimum atomic E-state index is -3.36. The first-order chi connectivity index (χ1) is 7.02. The maximum absolute atomic E-state index is 11.6. The molecule has 0 spiro atoms. The Labute approximate surface area is 90.3 Å². The Hall–Kier alpha value is -0.880. The van der Waals surface area contributed by atoms with E-state index < -0.39 is 10.0 Å². The van der Waals surface area contributed by atoms with Gasteiger partial charge in [-0.05, 0) is 18.8 Å². The van der Waals surface area contributed by atoms with Crippen LogP contribution < -0.4 is 4.72 Å². The summed E-state index contributed by atoms with van der Waals surface area (Å²) >= 11 is 0. The molecule has 6 heteroatoms. The number of nitrogens with one attached hydrogen (secondary N) is 2. The van der Waals surface area contributed by atoms with E-state index in [9.17, 15) is 8.42 Å². The number of aromatic nitrogens is 2. The second-order valence-corrected chi connectivity index (χ2v) is 5.63. The lowest BCUT2D eigenvalue weighted by molar-refractivity contribution is 0.540. The Morgan fingerprint density at radius 1 is 1.53 bits per heavy atom. The first-order valence-electron chi connectivity index (χ1n) is 5.01. The van der Waals surface area contributed by atoms with Crippen molar-refractivity contribution in [2.75, 3.05) is 6.54 Å². The van der Waals surface area contributed by atoms with E-state index in [0.29, 0.717) is 12.5 Å². The van der Waals surface area contributed by atoms with Gasteiger partial charge < -0.3 is 0 Å². The summed E-state index contributed by atoms with van der Waals surface area (Å²) in [6.45, 7) is 4.71. The highest BCUT2D eigenvalue weighted by Gasteiger charge is 2.13. The van der Waals surface area contributed by atoms with Crippen LogP contribution in [0.2, 0.25) is 0 Å². The van der Waals surface area contributed by atoms with Crippen molar-refractivity contribution < 1.29 is 8.42 Å². The lowest BCUT2D eigenvalue weighted by Gasteiger charge is -2.06. The van der Waals surface area contributed by atoms with E-state index in [1.54, 1.807) is 0 Å². The molecule has 0 aromatic carbocycles. The highest BCUT2D eigenvalue weighted by molar-refractivity contribution is 7.89. The molecule has 1 heterocycles. The Balaban J connectivity index is 2.39. The molecule has 0 atom stereocenters. The number of H-pyrrole nitrogens is 1. The van der Waals surface area contributed by atoms with Crippen LogP contribution in [0.5, 0.6) is 0 Å². The van der Waals surface area contributed by atoms with Crippen molar-refractivity contribution in [2.24, 2.45) is 5.92 Å². The molecule has 0 radical (unpaired) electrons. The van der Waals surface area contributed by atoms with Crippen LogP contribution in [-0.4, -0.2) is 25.2 Å². The molecule has 0 aliphatic carbocycles. The number of aromatic amines is 1. The summed E-state index contributed by atoms with van der Waals surface area (Å²) in [7, 11) is -3.36. The van der Waals surface area contributed by atoms with Crippen molar-refractivity contribution in [1.82, 2.24) is 14.9 Å². The van der Waals surface area contributed by atoms with Crippen LogP contribution in [0.3, 0.4) is 0 Å². The lowest BCUT2D eigenvalue weighted by atomic mass is 10.1. The van der Waals surface area contributed by atoms with Crippen LogP contribution in [0.15, 0.2) is 17.3 Å². The Morgan fingerprint density at radius 3 is 2.80 bits per heavy atom. The molecule has 0 unspecified atom stereocenters. The van der Waals surface area contributed by atoms with Crippen molar-refractivity contribution in [1.29, 1.82) is 0 Å². The maximum atomic E-state index is 11.6. The predicted octanol–water partition coefficient (Wildman–Crippen LogP) is 1.12. The molecule has 0 saturated carbocycles. The zero-order valence-electron chi connectivity index (χ0n) is 9.03. The molecule has 0 aliphatic heterocycles. The number of rotatable bonds is 6. The molecule has 0 saturated heterocycles. The van der Waals surface area contributed by atoms with Crippen molar-refractivity contribution in [3.8, 4) is 0 Å². The van der Waals surface area contributed by atoms with Gasteiger partial charge >= 0.3 is 0 Å². The van der Waals surface area contributed by atoms with Gasteiger partial charge in [-0.2, -0.15) is 5.10 Å². The van der Waals surface area contributed by atoms with E-state index in [2.05, 4.69) is 28.8 Å². The molecule has 0 bridgehead atoms. The molecule has 15 heavy (non-hydrogen) atoms. The quantitative estimate of drug-likeness (QED) is 0.720. The molecule has 86 valence electrons. The summed E-state index contributed by atoms with van der Waals surface area (Å²) in [5.74, 6) is 0.600. The van der Waals surface area contributed by atoms with Gasteiger partial charge in [0.15, 0.2) is 0 Å². The normalized spacial score (nSPS) is 12.2. The topological polar surface area (TPSA) is 74.8 Å². The highest BCUT2D eigenvalue weighted by atomic mass is 32.2. The van der Waals surface area contributed by atoms with Gasteiger partial charge in [-0.25, -0.2) is 13.1 Å². The van der Waals surface area contributed by atoms with Crippen molar-refractivity contribution >= 4 is 10.0 Å². The van der Waals surface area contributed by atoms with Gasteiger partial charge in [0.25, 0.3) is 0 Å². The largest absolute Gasteiger partial charge is 0.284 e. The van der Waals surface area contributed by atoms with Gasteiger partial charge in [0, 0.05) is 12.7 Å². The molecule has 0 fully saturated rings. The standard InChI is InChI=1S/C9H17N3O2S/c1-8(2)4-3-5-12-15(13,14)9-6-10-11-7-9/h6-8,12H,3-5H2,1-2H3,(H,10,11). The van der Waals surface area contributed by atoms with Crippen LogP contribution in [0.25, 0.3) is 0 Å². The van der Waals surface area contributed by atoms with E-state index in [0.717, 1.165) is 12.8 Å². The van der Waals surface area contributed by atoms with Crippen LogP contribution in [0.1, 0.15) is 26.7 Å². The molecule has 1 rings (SSSR count). The van der Waals surface area contributed by atoms with E-state index >= 15 is 0 Å². The molecule has 1 aromatic heterocycles. The van der Waals surface area contributed by atoms with Crippen molar-refractivity contribution in [2.45, 2.75) is 31.6 Å². The summed E-state index contributed by atoms with van der Waals surface area (Å²) < 4.78 is 25.7. The summed E-state index contributed by atoms with van der Waals surface area (Å²) in [5, 5.41) is 6.08. The Bertz CT molecular complexity index is 370. The second-order valence-electron chi connectivity index (χ2n) is 3.87. The van der Waals surface area contributed by atoms with Crippen LogP contribution in [-0.2, 0) is 10.0 Å². The molecule has 5 nitrogen and oxygen atoms in total. The van der Waals surface area contributed by atoms with Crippen LogP contribution >= 0.6 is 0 Å². The molecule has 1 aromatic rings. The molecular weight excluding hydrogens is 214 g/mol. The van der Waals surface area contributed by atoms with Crippen LogP contribution in [0, 0.1) is 5.92 Å². The number of hydrogen-bond donors (Lipinski definition) is 2. The van der Waals surface area contributed by atoms with Gasteiger partial charge in [-0.15, -0.1) is 0 Å². The maximum Gasteiger partial charge on any atom is 0.243 e. The van der Waals surface area contributed by atoms with E-state index in [-0.39, 0.29) is 4.90 Å². The third-order valence-corrected chi connectivity index (χ3v) is 3.46. The zero-order valence-corrected chi connectivity index (χ0v) is 9.84. The molecule has 0 amide bonds. The third kappa shape index (κ3) is 4.01. The third-order valence-electron chi connectivity index (χ3n) is 2.03. The Kier molecular flexibility index (Phi) is 4.28. The van der Waals surface area contributed by atoms with E-state index in [1.165, 1.54) is 12.4 Å². The van der Waals surface area contributed by atoms with Crippen molar-refractivity contribution in [3.63, 3.8) is 0 Å². The smallest absolute Gasteiger partial charge is 0.243 e.